The largest absolute Gasteiger partial charge is 0.389 e. The van der Waals surface area contributed by atoms with E-state index in [9.17, 15) is 40.7 Å². The molecule has 3 amide bonds. The first-order valence-corrected chi connectivity index (χ1v) is 12.5. The molecular weight excluding hydrogens is 582 g/mol. The molecule has 0 bridgehead atoms. The standard InChI is InChI=1S/C26H25ClF6N4O4/c1-41-37-19-5-3-2-4-18(19)20(14-6-8-15(27)9-7-14)35-22(24(37)40)36-23(39)17(11-13-26(31,32)33)16(21(34)38)10-12-25(28,29)30/h2-9,16-17,22H,10-13H2,1H3,(H2,34,38)(H,36,39)/t16-,17+,22+/m0/s1. The monoisotopic (exact) mass is 606 g/mol. The number of benzodiazepines with no additional fused rings is 1. The van der Waals surface area contributed by atoms with Crippen molar-refractivity contribution in [1.82, 2.24) is 5.32 Å². The highest BCUT2D eigenvalue weighted by Gasteiger charge is 2.41. The van der Waals surface area contributed by atoms with Crippen molar-refractivity contribution in [3.63, 3.8) is 0 Å². The summed E-state index contributed by atoms with van der Waals surface area (Å²) in [7, 11) is 1.16. The summed E-state index contributed by atoms with van der Waals surface area (Å²) in [6, 6.07) is 12.6. The third kappa shape index (κ3) is 8.43. The normalized spacial score (nSPS) is 17.3. The highest BCUT2D eigenvalue weighted by molar-refractivity contribution is 6.30. The molecule has 222 valence electrons. The van der Waals surface area contributed by atoms with E-state index >= 15 is 0 Å². The molecule has 3 rings (SSSR count). The first-order valence-electron chi connectivity index (χ1n) is 12.2. The van der Waals surface area contributed by atoms with Crippen molar-refractivity contribution in [2.45, 2.75) is 44.2 Å². The smallest absolute Gasteiger partial charge is 0.369 e. The molecule has 2 aromatic rings. The SMILES string of the molecule is CON1C(=O)[C@@H](NC(=O)[C@H](CCC(F)(F)F)[C@H](CCC(F)(F)F)C(N)=O)N=C(c2ccc(Cl)cc2)c2ccccc21. The number of hydroxylamine groups is 1. The average Bonchev–Trinajstić information content (AvgIpc) is 2.99. The molecule has 3 N–H and O–H groups in total. The van der Waals surface area contributed by atoms with Crippen LogP contribution in [-0.2, 0) is 19.2 Å². The number of carbonyl (C=O) groups is 3. The Morgan fingerprint density at radius 3 is 2.10 bits per heavy atom. The minimum absolute atomic E-state index is 0.172. The summed E-state index contributed by atoms with van der Waals surface area (Å²) in [5.41, 5.74) is 6.46. The lowest BCUT2D eigenvalue weighted by molar-refractivity contribution is -0.152. The molecule has 1 aliphatic rings. The maximum absolute atomic E-state index is 13.4. The van der Waals surface area contributed by atoms with Gasteiger partial charge in [-0.15, -0.1) is 0 Å². The molecule has 0 saturated carbocycles. The van der Waals surface area contributed by atoms with Crippen LogP contribution in [0.15, 0.2) is 53.5 Å². The molecule has 2 aromatic carbocycles. The first-order chi connectivity index (χ1) is 19.1. The zero-order valence-corrected chi connectivity index (χ0v) is 22.2. The molecule has 0 fully saturated rings. The van der Waals surface area contributed by atoms with Gasteiger partial charge in [-0.1, -0.05) is 41.9 Å². The van der Waals surface area contributed by atoms with Crippen molar-refractivity contribution in [2.24, 2.45) is 22.6 Å². The van der Waals surface area contributed by atoms with E-state index in [1.807, 2.05) is 0 Å². The van der Waals surface area contributed by atoms with Crippen LogP contribution in [-0.4, -0.2) is 49.1 Å². The highest BCUT2D eigenvalue weighted by Crippen LogP contribution is 2.33. The summed E-state index contributed by atoms with van der Waals surface area (Å²) in [5, 5.41) is 3.41. The van der Waals surface area contributed by atoms with Gasteiger partial charge in [0.1, 0.15) is 0 Å². The van der Waals surface area contributed by atoms with E-state index in [1.165, 1.54) is 6.07 Å². The van der Waals surface area contributed by atoms with Gasteiger partial charge in [0.2, 0.25) is 18.0 Å². The third-order valence-electron chi connectivity index (χ3n) is 6.32. The van der Waals surface area contributed by atoms with Gasteiger partial charge in [0.25, 0.3) is 5.91 Å². The van der Waals surface area contributed by atoms with Gasteiger partial charge in [-0.25, -0.2) is 4.99 Å². The first kappa shape index (κ1) is 31.9. The summed E-state index contributed by atoms with van der Waals surface area (Å²) in [5.74, 6) is -7.51. The molecule has 0 radical (unpaired) electrons. The van der Waals surface area contributed by atoms with E-state index < -0.39 is 73.8 Å². The zero-order chi connectivity index (χ0) is 30.5. The van der Waals surface area contributed by atoms with Gasteiger partial charge >= 0.3 is 12.4 Å². The van der Waals surface area contributed by atoms with Crippen LogP contribution in [0.1, 0.15) is 36.8 Å². The number of nitrogens with zero attached hydrogens (tertiary/aromatic N) is 2. The van der Waals surface area contributed by atoms with Gasteiger partial charge in [-0.05, 0) is 31.0 Å². The minimum atomic E-state index is -4.79. The number of anilines is 1. The molecule has 0 aromatic heterocycles. The van der Waals surface area contributed by atoms with E-state index in [0.717, 1.165) is 12.2 Å². The fourth-order valence-electron chi connectivity index (χ4n) is 4.39. The Hall–Kier alpha value is -3.65. The molecular formula is C26H25ClF6N4O4. The number of rotatable bonds is 10. The minimum Gasteiger partial charge on any atom is -0.369 e. The fourth-order valence-corrected chi connectivity index (χ4v) is 4.52. The zero-order valence-electron chi connectivity index (χ0n) is 21.4. The quantitative estimate of drug-likeness (QED) is 0.373. The number of alkyl halides is 6. The summed E-state index contributed by atoms with van der Waals surface area (Å²) in [4.78, 5) is 48.5. The molecule has 0 aliphatic carbocycles. The van der Waals surface area contributed by atoms with Crippen molar-refractivity contribution in [3.8, 4) is 0 Å². The van der Waals surface area contributed by atoms with Crippen LogP contribution in [0.25, 0.3) is 0 Å². The van der Waals surface area contributed by atoms with Crippen molar-refractivity contribution >= 4 is 40.7 Å². The predicted molar refractivity (Wildman–Crippen MR) is 137 cm³/mol. The number of hydrogen-bond acceptors (Lipinski definition) is 5. The molecule has 8 nitrogen and oxygen atoms in total. The number of benzene rings is 2. The number of primary amides is 1. The van der Waals surface area contributed by atoms with Gasteiger partial charge in [0, 0.05) is 40.8 Å². The number of hydrogen-bond donors (Lipinski definition) is 2. The van der Waals surface area contributed by atoms with Crippen LogP contribution in [0.3, 0.4) is 0 Å². The van der Waals surface area contributed by atoms with Gasteiger partial charge < -0.3 is 11.1 Å². The van der Waals surface area contributed by atoms with Gasteiger partial charge in [0.15, 0.2) is 0 Å². The van der Waals surface area contributed by atoms with E-state index in [-0.39, 0.29) is 11.4 Å². The molecule has 3 atom stereocenters. The molecule has 41 heavy (non-hydrogen) atoms. The van der Waals surface area contributed by atoms with Crippen molar-refractivity contribution < 1.29 is 45.6 Å². The fraction of sp³-hybridized carbons (Fsp3) is 0.385. The Labute approximate surface area is 235 Å². The van der Waals surface area contributed by atoms with Crippen molar-refractivity contribution in [3.05, 3.63) is 64.7 Å². The number of amides is 3. The topological polar surface area (TPSA) is 114 Å². The Balaban J connectivity index is 2.05. The van der Waals surface area contributed by atoms with Gasteiger partial charge in [0.05, 0.1) is 18.5 Å². The lowest BCUT2D eigenvalue weighted by Gasteiger charge is -2.27. The van der Waals surface area contributed by atoms with Gasteiger partial charge in [-0.2, -0.15) is 31.4 Å². The number of aliphatic imine (C=N–C) groups is 1. The van der Waals surface area contributed by atoms with Crippen LogP contribution >= 0.6 is 11.6 Å². The molecule has 1 heterocycles. The van der Waals surface area contributed by atoms with Crippen molar-refractivity contribution in [1.29, 1.82) is 0 Å². The van der Waals surface area contributed by atoms with E-state index in [0.29, 0.717) is 16.1 Å². The molecule has 0 saturated heterocycles. The Kier molecular flexibility index (Phi) is 10.0. The van der Waals surface area contributed by atoms with Crippen LogP contribution in [0.4, 0.5) is 32.0 Å². The summed E-state index contributed by atoms with van der Waals surface area (Å²) in [6.45, 7) is 0. The maximum atomic E-state index is 13.4. The summed E-state index contributed by atoms with van der Waals surface area (Å²) >= 11 is 5.99. The Morgan fingerprint density at radius 1 is 1.00 bits per heavy atom. The molecule has 0 spiro atoms. The van der Waals surface area contributed by atoms with Crippen LogP contribution in [0.5, 0.6) is 0 Å². The van der Waals surface area contributed by atoms with Crippen LogP contribution in [0, 0.1) is 11.8 Å². The van der Waals surface area contributed by atoms with E-state index in [4.69, 9.17) is 22.2 Å². The number of nitrogens with two attached hydrogens (primary N) is 1. The van der Waals surface area contributed by atoms with Crippen molar-refractivity contribution in [2.75, 3.05) is 12.2 Å². The third-order valence-corrected chi connectivity index (χ3v) is 6.57. The highest BCUT2D eigenvalue weighted by atomic mass is 35.5. The second-order valence-electron chi connectivity index (χ2n) is 9.15. The molecule has 0 unspecified atom stereocenters. The summed E-state index contributed by atoms with van der Waals surface area (Å²) < 4.78 is 77.9. The van der Waals surface area contributed by atoms with E-state index in [2.05, 4.69) is 10.3 Å². The Bertz CT molecular complexity index is 1300. The number of carbonyl (C=O) groups excluding carboxylic acids is 3. The number of halogens is 7. The number of fused-ring (bicyclic) bond motifs is 1. The number of nitrogens with one attached hydrogen (secondary N) is 1. The lowest BCUT2D eigenvalue weighted by Crippen LogP contribution is -2.50. The van der Waals surface area contributed by atoms with Gasteiger partial charge in [-0.3, -0.25) is 19.2 Å². The second kappa shape index (κ2) is 12.9. The van der Waals surface area contributed by atoms with E-state index in [1.54, 1.807) is 42.5 Å². The van der Waals surface area contributed by atoms with Crippen LogP contribution < -0.4 is 16.1 Å². The summed E-state index contributed by atoms with van der Waals surface area (Å²) in [6.07, 6.45) is -16.6. The molecule has 1 aliphatic heterocycles. The second-order valence-corrected chi connectivity index (χ2v) is 9.59. The lowest BCUT2D eigenvalue weighted by atomic mass is 9.83. The number of para-hydroxylation sites is 1. The average molecular weight is 607 g/mol. The van der Waals surface area contributed by atoms with Crippen LogP contribution in [0.2, 0.25) is 5.02 Å². The molecule has 15 heteroatoms. The predicted octanol–water partition coefficient (Wildman–Crippen LogP) is 4.93. The maximum Gasteiger partial charge on any atom is 0.389 e. The Morgan fingerprint density at radius 2 is 1.56 bits per heavy atom.